The molecule has 0 atom stereocenters. The molecule has 0 aromatic heterocycles. The molecule has 0 heterocycles. The van der Waals surface area contributed by atoms with E-state index < -0.39 is 23.5 Å². The number of ether oxygens (including phenoxy) is 1. The smallest absolute Gasteiger partial charge is 0.408 e. The average Bonchev–Trinajstić information content (AvgIpc) is 2.54. The first-order valence-electron chi connectivity index (χ1n) is 9.11. The first-order chi connectivity index (χ1) is 12.0. The summed E-state index contributed by atoms with van der Waals surface area (Å²) in [7, 11) is 4.08. The second kappa shape index (κ2) is 7.55. The molecule has 1 aliphatic rings. The Morgan fingerprint density at radius 2 is 1.65 bits per heavy atom. The molecule has 0 aliphatic heterocycles. The third-order valence-electron chi connectivity index (χ3n) is 5.38. The standard InChI is InChI=1S/C20H32N2O4/c1-18(2,3)26-17(25)21-19(16(23)24)11-13-20(14-12-19,22(4)5)15-9-7-6-8-10-15/h6-10,16,23-24H,11-14H2,1-5H3,(H,21,25). The summed E-state index contributed by atoms with van der Waals surface area (Å²) in [6.07, 6.45) is -0.00310. The van der Waals surface area contributed by atoms with Crippen LogP contribution < -0.4 is 5.32 Å². The minimum absolute atomic E-state index is 0.199. The van der Waals surface area contributed by atoms with Crippen LogP contribution in [0.5, 0.6) is 0 Å². The van der Waals surface area contributed by atoms with Gasteiger partial charge in [0.1, 0.15) is 5.60 Å². The molecular formula is C20H32N2O4. The van der Waals surface area contributed by atoms with Crippen molar-refractivity contribution in [2.45, 2.75) is 69.4 Å². The van der Waals surface area contributed by atoms with Crippen LogP contribution in [-0.4, -0.2) is 52.7 Å². The molecule has 6 heteroatoms. The highest BCUT2D eigenvalue weighted by atomic mass is 16.6. The Kier molecular flexibility index (Phi) is 6.00. The van der Waals surface area contributed by atoms with Crippen LogP contribution >= 0.6 is 0 Å². The van der Waals surface area contributed by atoms with Crippen LogP contribution in [0.2, 0.25) is 0 Å². The van der Waals surface area contributed by atoms with Gasteiger partial charge in [-0.05, 0) is 66.1 Å². The number of aliphatic hydroxyl groups is 2. The van der Waals surface area contributed by atoms with E-state index in [-0.39, 0.29) is 5.54 Å². The predicted octanol–water partition coefficient (Wildman–Crippen LogP) is 2.59. The minimum Gasteiger partial charge on any atom is -0.444 e. The Morgan fingerprint density at radius 1 is 1.12 bits per heavy atom. The SMILES string of the molecule is CN(C)C1(c2ccccc2)CCC(NC(=O)OC(C)(C)C)(C(O)O)CC1. The number of hydrogen-bond donors (Lipinski definition) is 3. The molecule has 0 saturated heterocycles. The van der Waals surface area contributed by atoms with E-state index >= 15 is 0 Å². The van der Waals surface area contributed by atoms with E-state index in [2.05, 4.69) is 22.3 Å². The normalized spacial score (nSPS) is 26.8. The van der Waals surface area contributed by atoms with Gasteiger partial charge in [-0.25, -0.2) is 4.79 Å². The molecule has 146 valence electrons. The van der Waals surface area contributed by atoms with Gasteiger partial charge in [-0.3, -0.25) is 4.90 Å². The third-order valence-corrected chi connectivity index (χ3v) is 5.38. The lowest BCUT2D eigenvalue weighted by molar-refractivity contribution is -0.131. The van der Waals surface area contributed by atoms with E-state index in [0.29, 0.717) is 25.7 Å². The summed E-state index contributed by atoms with van der Waals surface area (Å²) in [6, 6.07) is 10.2. The summed E-state index contributed by atoms with van der Waals surface area (Å²) >= 11 is 0. The maximum absolute atomic E-state index is 12.2. The molecule has 6 nitrogen and oxygen atoms in total. The fourth-order valence-corrected chi connectivity index (χ4v) is 3.81. The zero-order chi connectivity index (χ0) is 19.6. The van der Waals surface area contributed by atoms with Crippen LogP contribution in [0.25, 0.3) is 0 Å². The van der Waals surface area contributed by atoms with Crippen molar-refractivity contribution >= 4 is 6.09 Å². The van der Waals surface area contributed by atoms with Crippen molar-refractivity contribution in [1.82, 2.24) is 10.2 Å². The molecule has 1 saturated carbocycles. The van der Waals surface area contributed by atoms with Crippen LogP contribution in [0.3, 0.4) is 0 Å². The summed E-state index contributed by atoms with van der Waals surface area (Å²) in [6.45, 7) is 5.34. The molecule has 0 radical (unpaired) electrons. The molecule has 1 fully saturated rings. The van der Waals surface area contributed by atoms with Crippen molar-refractivity contribution in [3.63, 3.8) is 0 Å². The minimum atomic E-state index is -1.65. The van der Waals surface area contributed by atoms with Gasteiger partial charge in [0.2, 0.25) is 0 Å². The van der Waals surface area contributed by atoms with Crippen LogP contribution in [-0.2, 0) is 10.3 Å². The number of rotatable bonds is 4. The summed E-state index contributed by atoms with van der Waals surface area (Å²) in [5.41, 5.74) is -0.743. The Morgan fingerprint density at radius 3 is 2.08 bits per heavy atom. The second-order valence-corrected chi connectivity index (χ2v) is 8.45. The van der Waals surface area contributed by atoms with Crippen molar-refractivity contribution in [3.05, 3.63) is 35.9 Å². The Balaban J connectivity index is 2.21. The van der Waals surface area contributed by atoms with Gasteiger partial charge in [-0.15, -0.1) is 0 Å². The zero-order valence-electron chi connectivity index (χ0n) is 16.5. The van der Waals surface area contributed by atoms with Gasteiger partial charge in [-0.2, -0.15) is 0 Å². The molecule has 2 rings (SSSR count). The van der Waals surface area contributed by atoms with Gasteiger partial charge in [0.05, 0.1) is 5.54 Å². The van der Waals surface area contributed by atoms with Gasteiger partial charge in [0.15, 0.2) is 6.29 Å². The number of hydrogen-bond acceptors (Lipinski definition) is 5. The molecule has 1 amide bonds. The molecule has 0 spiro atoms. The van der Waals surface area contributed by atoms with E-state index in [0.717, 1.165) is 0 Å². The Labute approximate surface area is 156 Å². The quantitative estimate of drug-likeness (QED) is 0.716. The highest BCUT2D eigenvalue weighted by molar-refractivity contribution is 5.69. The number of nitrogens with zero attached hydrogens (tertiary/aromatic N) is 1. The maximum atomic E-state index is 12.2. The first-order valence-corrected chi connectivity index (χ1v) is 9.11. The number of alkyl carbamates (subject to hydrolysis) is 1. The predicted molar refractivity (Wildman–Crippen MR) is 101 cm³/mol. The van der Waals surface area contributed by atoms with Crippen LogP contribution in [0.15, 0.2) is 30.3 Å². The molecule has 1 aromatic rings. The lowest BCUT2D eigenvalue weighted by Gasteiger charge is -2.50. The van der Waals surface area contributed by atoms with E-state index in [1.54, 1.807) is 20.8 Å². The molecule has 0 bridgehead atoms. The van der Waals surface area contributed by atoms with Crippen molar-refractivity contribution in [2.75, 3.05) is 14.1 Å². The summed E-state index contributed by atoms with van der Waals surface area (Å²) in [5.74, 6) is 0. The maximum Gasteiger partial charge on any atom is 0.408 e. The number of nitrogens with one attached hydrogen (secondary N) is 1. The fourth-order valence-electron chi connectivity index (χ4n) is 3.81. The monoisotopic (exact) mass is 364 g/mol. The van der Waals surface area contributed by atoms with Crippen molar-refractivity contribution in [3.8, 4) is 0 Å². The second-order valence-electron chi connectivity index (χ2n) is 8.45. The van der Waals surface area contributed by atoms with E-state index in [4.69, 9.17) is 4.74 Å². The van der Waals surface area contributed by atoms with Crippen molar-refractivity contribution in [2.24, 2.45) is 0 Å². The lowest BCUT2D eigenvalue weighted by atomic mass is 9.68. The van der Waals surface area contributed by atoms with Gasteiger partial charge >= 0.3 is 6.09 Å². The fraction of sp³-hybridized carbons (Fsp3) is 0.650. The van der Waals surface area contributed by atoms with E-state index in [1.807, 2.05) is 32.3 Å². The lowest BCUT2D eigenvalue weighted by Crippen LogP contribution is -2.62. The summed E-state index contributed by atoms with van der Waals surface area (Å²) < 4.78 is 5.32. The van der Waals surface area contributed by atoms with Crippen LogP contribution in [0.4, 0.5) is 4.79 Å². The number of carbonyl (C=O) groups is 1. The van der Waals surface area contributed by atoms with E-state index in [9.17, 15) is 15.0 Å². The van der Waals surface area contributed by atoms with Crippen LogP contribution in [0.1, 0.15) is 52.0 Å². The van der Waals surface area contributed by atoms with Crippen molar-refractivity contribution in [1.29, 1.82) is 0 Å². The summed E-state index contributed by atoms with van der Waals surface area (Å²) in [4.78, 5) is 14.4. The Hall–Kier alpha value is -1.63. The molecular weight excluding hydrogens is 332 g/mol. The largest absolute Gasteiger partial charge is 0.444 e. The highest BCUT2D eigenvalue weighted by Gasteiger charge is 2.49. The number of carbonyl (C=O) groups excluding carboxylic acids is 1. The molecule has 26 heavy (non-hydrogen) atoms. The molecule has 3 N–H and O–H groups in total. The first kappa shape index (κ1) is 20.7. The highest BCUT2D eigenvalue weighted by Crippen LogP contribution is 2.45. The van der Waals surface area contributed by atoms with Crippen molar-refractivity contribution < 1.29 is 19.7 Å². The van der Waals surface area contributed by atoms with E-state index in [1.165, 1.54) is 5.56 Å². The average molecular weight is 364 g/mol. The number of amides is 1. The van der Waals surface area contributed by atoms with Gasteiger partial charge in [-0.1, -0.05) is 30.3 Å². The molecule has 1 aliphatic carbocycles. The Bertz CT molecular complexity index is 600. The number of benzene rings is 1. The van der Waals surface area contributed by atoms with Gasteiger partial charge in [0, 0.05) is 5.54 Å². The number of aliphatic hydroxyl groups excluding tert-OH is 1. The molecule has 1 aromatic carbocycles. The van der Waals surface area contributed by atoms with Crippen LogP contribution in [0, 0.1) is 0 Å². The van der Waals surface area contributed by atoms with Gasteiger partial charge < -0.3 is 20.3 Å². The molecule has 0 unspecified atom stereocenters. The zero-order valence-corrected chi connectivity index (χ0v) is 16.5. The topological polar surface area (TPSA) is 82.0 Å². The summed E-state index contributed by atoms with van der Waals surface area (Å²) in [5, 5.41) is 22.8. The van der Waals surface area contributed by atoms with Gasteiger partial charge in [0.25, 0.3) is 0 Å². The third kappa shape index (κ3) is 4.37.